The average Bonchev–Trinajstić information content (AvgIpc) is 2.55. The number of carbonyl (C=O) groups is 1. The maximum absolute atomic E-state index is 12.5. The number of aryl methyl sites for hydroxylation is 1. The zero-order valence-corrected chi connectivity index (χ0v) is 14.0. The lowest BCUT2D eigenvalue weighted by Gasteiger charge is -2.11. The first kappa shape index (κ1) is 16.0. The van der Waals surface area contributed by atoms with Crippen LogP contribution in [0.1, 0.15) is 31.3 Å². The molecule has 0 bridgehead atoms. The number of nitrogens with one attached hydrogen (secondary N) is 1. The molecule has 0 unspecified atom stereocenters. The second-order valence-electron chi connectivity index (χ2n) is 5.98. The Bertz CT molecular complexity index is 877. The summed E-state index contributed by atoms with van der Waals surface area (Å²) >= 11 is 0. The lowest BCUT2D eigenvalue weighted by atomic mass is 10.1. The van der Waals surface area contributed by atoms with Gasteiger partial charge in [0.15, 0.2) is 0 Å². The van der Waals surface area contributed by atoms with Crippen LogP contribution in [0, 0.1) is 6.92 Å². The summed E-state index contributed by atoms with van der Waals surface area (Å²) in [6.07, 6.45) is 0.106. The summed E-state index contributed by atoms with van der Waals surface area (Å²) in [5.41, 5.74) is 3.00. The molecule has 1 heterocycles. The second kappa shape index (κ2) is 6.71. The Balaban J connectivity index is 0.00000225. The predicted octanol–water partition coefficient (Wildman–Crippen LogP) is 4.83. The van der Waals surface area contributed by atoms with Crippen molar-refractivity contribution < 1.29 is 11.0 Å². The van der Waals surface area contributed by atoms with Gasteiger partial charge in [0, 0.05) is 18.1 Å². The molecule has 0 radical (unpaired) electrons. The smallest absolute Gasteiger partial charge is 0.255 e. The van der Waals surface area contributed by atoms with E-state index < -0.39 is 0 Å². The molecule has 4 heteroatoms. The number of benzene rings is 2. The molecule has 0 aliphatic carbocycles. The number of amides is 1. The van der Waals surface area contributed by atoms with Gasteiger partial charge in [-0.15, -0.1) is 0 Å². The Morgan fingerprint density at radius 2 is 1.83 bits per heavy atom. The van der Waals surface area contributed by atoms with Crippen LogP contribution < -0.4 is 10.1 Å². The van der Waals surface area contributed by atoms with Gasteiger partial charge in [-0.2, -0.15) is 0 Å². The van der Waals surface area contributed by atoms with Gasteiger partial charge in [-0.05, 0) is 57.2 Å². The van der Waals surface area contributed by atoms with E-state index in [-0.39, 0.29) is 13.4 Å². The van der Waals surface area contributed by atoms with E-state index in [0.717, 1.165) is 22.3 Å². The van der Waals surface area contributed by atoms with Gasteiger partial charge in [-0.3, -0.25) is 9.78 Å². The number of hydrogen-bond donors (Lipinski definition) is 1. The van der Waals surface area contributed by atoms with E-state index in [0.29, 0.717) is 11.3 Å². The zero-order chi connectivity index (χ0) is 17.1. The highest BCUT2D eigenvalue weighted by atomic mass is 16.5. The van der Waals surface area contributed by atoms with Gasteiger partial charge in [0.05, 0.1) is 17.3 Å². The van der Waals surface area contributed by atoms with E-state index in [4.69, 9.17) is 4.74 Å². The summed E-state index contributed by atoms with van der Waals surface area (Å²) in [5.74, 6) is 0.589. The Labute approximate surface area is 143 Å². The number of anilines is 1. The van der Waals surface area contributed by atoms with Crippen LogP contribution in [0.5, 0.6) is 5.75 Å². The summed E-state index contributed by atoms with van der Waals surface area (Å²) in [6, 6.07) is 16.9. The molecule has 0 saturated carbocycles. The van der Waals surface area contributed by atoms with Gasteiger partial charge in [0.2, 0.25) is 0 Å². The molecule has 2 aromatic carbocycles. The minimum absolute atomic E-state index is 0. The molecule has 0 fully saturated rings. The number of pyridine rings is 1. The molecule has 0 saturated heterocycles. The number of ether oxygens (including phenoxy) is 1. The van der Waals surface area contributed by atoms with E-state index >= 15 is 0 Å². The Morgan fingerprint density at radius 1 is 1.08 bits per heavy atom. The minimum atomic E-state index is -0.165. The third-order valence-electron chi connectivity index (χ3n) is 3.60. The molecule has 4 nitrogen and oxygen atoms in total. The first-order chi connectivity index (χ1) is 11.5. The van der Waals surface area contributed by atoms with Crippen LogP contribution in [-0.4, -0.2) is 17.0 Å². The molecule has 1 N–H and O–H groups in total. The van der Waals surface area contributed by atoms with Gasteiger partial charge in [-0.25, -0.2) is 0 Å². The maximum atomic E-state index is 12.5. The number of aromatic nitrogens is 1. The van der Waals surface area contributed by atoms with Gasteiger partial charge in [-0.1, -0.05) is 18.2 Å². The highest BCUT2D eigenvalue weighted by Crippen LogP contribution is 2.23. The standard InChI is InChI=1S/C20H20N2O2.H2/c1-13(2)24-17-11-9-16(10-12-17)20(23)22-18-6-4-5-15-8-7-14(3)21-19(15)18;/h4-13H,1-3H3,(H,22,23);1H. The summed E-state index contributed by atoms with van der Waals surface area (Å²) in [4.78, 5) is 17.0. The summed E-state index contributed by atoms with van der Waals surface area (Å²) in [5, 5.41) is 3.95. The molecule has 0 aliphatic heterocycles. The monoisotopic (exact) mass is 322 g/mol. The number of rotatable bonds is 4. The van der Waals surface area contributed by atoms with Crippen LogP contribution in [-0.2, 0) is 0 Å². The Kier molecular flexibility index (Phi) is 4.47. The molecule has 1 aromatic heterocycles. The van der Waals surface area contributed by atoms with E-state index in [1.54, 1.807) is 24.3 Å². The fourth-order valence-corrected chi connectivity index (χ4v) is 2.50. The van der Waals surface area contributed by atoms with Crippen molar-refractivity contribution >= 4 is 22.5 Å². The van der Waals surface area contributed by atoms with Crippen molar-refractivity contribution in [2.24, 2.45) is 0 Å². The van der Waals surface area contributed by atoms with Crippen LogP contribution in [0.25, 0.3) is 10.9 Å². The van der Waals surface area contributed by atoms with Crippen molar-refractivity contribution in [3.05, 3.63) is 65.9 Å². The van der Waals surface area contributed by atoms with Gasteiger partial charge in [0.25, 0.3) is 5.91 Å². The zero-order valence-electron chi connectivity index (χ0n) is 14.0. The molecule has 24 heavy (non-hydrogen) atoms. The fraction of sp³-hybridized carbons (Fsp3) is 0.200. The highest BCUT2D eigenvalue weighted by Gasteiger charge is 2.10. The summed E-state index contributed by atoms with van der Waals surface area (Å²) < 4.78 is 5.60. The van der Waals surface area contributed by atoms with Gasteiger partial charge in [0.1, 0.15) is 5.75 Å². The number of nitrogens with zero attached hydrogens (tertiary/aromatic N) is 1. The normalized spacial score (nSPS) is 10.8. The van der Waals surface area contributed by atoms with Crippen molar-refractivity contribution in [1.29, 1.82) is 0 Å². The van der Waals surface area contributed by atoms with E-state index in [1.807, 2.05) is 51.1 Å². The molecule has 0 aliphatic rings. The first-order valence-electron chi connectivity index (χ1n) is 7.97. The quantitative estimate of drug-likeness (QED) is 0.748. The van der Waals surface area contributed by atoms with E-state index in [9.17, 15) is 4.79 Å². The topological polar surface area (TPSA) is 51.2 Å². The van der Waals surface area contributed by atoms with Crippen molar-refractivity contribution in [2.75, 3.05) is 5.32 Å². The number of fused-ring (bicyclic) bond motifs is 1. The van der Waals surface area contributed by atoms with Crippen molar-refractivity contribution in [2.45, 2.75) is 26.9 Å². The molecule has 3 aromatic rings. The van der Waals surface area contributed by atoms with Gasteiger partial charge >= 0.3 is 0 Å². The Morgan fingerprint density at radius 3 is 2.54 bits per heavy atom. The second-order valence-corrected chi connectivity index (χ2v) is 5.98. The summed E-state index contributed by atoms with van der Waals surface area (Å²) in [7, 11) is 0. The third kappa shape index (κ3) is 3.54. The third-order valence-corrected chi connectivity index (χ3v) is 3.60. The molecule has 1 amide bonds. The van der Waals surface area contributed by atoms with Crippen LogP contribution in [0.3, 0.4) is 0 Å². The SMILES string of the molecule is Cc1ccc2cccc(NC(=O)c3ccc(OC(C)C)cc3)c2n1.[HH]. The lowest BCUT2D eigenvalue weighted by Crippen LogP contribution is -2.12. The van der Waals surface area contributed by atoms with Crippen molar-refractivity contribution in [1.82, 2.24) is 4.98 Å². The van der Waals surface area contributed by atoms with Crippen LogP contribution in [0.2, 0.25) is 0 Å². The Hall–Kier alpha value is -2.88. The van der Waals surface area contributed by atoms with Crippen molar-refractivity contribution in [3.63, 3.8) is 0 Å². The number of hydrogen-bond acceptors (Lipinski definition) is 3. The van der Waals surface area contributed by atoms with Crippen LogP contribution in [0.4, 0.5) is 5.69 Å². The predicted molar refractivity (Wildman–Crippen MR) is 98.8 cm³/mol. The maximum Gasteiger partial charge on any atom is 0.255 e. The largest absolute Gasteiger partial charge is 0.491 e. The molecule has 124 valence electrons. The number of para-hydroxylation sites is 1. The molecular weight excluding hydrogens is 300 g/mol. The number of carbonyl (C=O) groups excluding carboxylic acids is 1. The van der Waals surface area contributed by atoms with Crippen LogP contribution in [0.15, 0.2) is 54.6 Å². The minimum Gasteiger partial charge on any atom is -0.491 e. The summed E-state index contributed by atoms with van der Waals surface area (Å²) in [6.45, 7) is 5.87. The molecule has 3 rings (SSSR count). The fourth-order valence-electron chi connectivity index (χ4n) is 2.50. The van der Waals surface area contributed by atoms with Crippen LogP contribution >= 0.6 is 0 Å². The molecule has 0 spiro atoms. The lowest BCUT2D eigenvalue weighted by molar-refractivity contribution is 0.102. The van der Waals surface area contributed by atoms with Crippen molar-refractivity contribution in [3.8, 4) is 5.75 Å². The molecule has 0 atom stereocenters. The molecular formula is C20H22N2O2. The van der Waals surface area contributed by atoms with E-state index in [1.165, 1.54) is 0 Å². The average molecular weight is 322 g/mol. The highest BCUT2D eigenvalue weighted by molar-refractivity contribution is 6.08. The van der Waals surface area contributed by atoms with Gasteiger partial charge < -0.3 is 10.1 Å². The first-order valence-corrected chi connectivity index (χ1v) is 7.97. The van der Waals surface area contributed by atoms with E-state index in [2.05, 4.69) is 10.3 Å².